The van der Waals surface area contributed by atoms with Crippen molar-refractivity contribution in [2.75, 3.05) is 51.8 Å². The Morgan fingerprint density at radius 3 is 2.38 bits per heavy atom. The average molecular weight is 472 g/mol. The van der Waals surface area contributed by atoms with Crippen molar-refractivity contribution >= 4 is 35.6 Å². The number of nitrogens with zero attached hydrogens (tertiary/aromatic N) is 3. The number of nitrogens with one attached hydrogen (secondary N) is 1. The van der Waals surface area contributed by atoms with E-state index in [9.17, 15) is 0 Å². The van der Waals surface area contributed by atoms with Crippen LogP contribution < -0.4 is 10.2 Å². The molecule has 146 valence electrons. The second kappa shape index (κ2) is 9.78. The summed E-state index contributed by atoms with van der Waals surface area (Å²) in [5.74, 6) is 0.938. The van der Waals surface area contributed by atoms with E-state index in [1.807, 2.05) is 7.05 Å². The monoisotopic (exact) mass is 472 g/mol. The zero-order valence-corrected chi connectivity index (χ0v) is 18.7. The fourth-order valence-electron chi connectivity index (χ4n) is 3.54. The van der Waals surface area contributed by atoms with Crippen LogP contribution in [-0.2, 0) is 11.3 Å². The second-order valence-electron chi connectivity index (χ2n) is 7.77. The normalized spacial score (nSPS) is 19.3. The first-order valence-electron chi connectivity index (χ1n) is 9.43. The largest absolute Gasteiger partial charge is 0.380 e. The van der Waals surface area contributed by atoms with Crippen LogP contribution in [0.1, 0.15) is 31.7 Å². The molecule has 1 N–H and O–H groups in total. The fourth-order valence-corrected chi connectivity index (χ4v) is 3.54. The van der Waals surface area contributed by atoms with Crippen LogP contribution in [0.25, 0.3) is 0 Å². The number of benzene rings is 1. The molecule has 0 radical (unpaired) electrons. The van der Waals surface area contributed by atoms with Gasteiger partial charge in [0.2, 0.25) is 0 Å². The van der Waals surface area contributed by atoms with Crippen LogP contribution in [-0.4, -0.2) is 57.8 Å². The second-order valence-corrected chi connectivity index (χ2v) is 7.77. The number of piperidine rings is 1. The van der Waals surface area contributed by atoms with Gasteiger partial charge >= 0.3 is 0 Å². The number of ether oxygens (including phenoxy) is 1. The highest BCUT2D eigenvalue weighted by molar-refractivity contribution is 14.0. The Bertz CT molecular complexity index is 580. The molecule has 2 aliphatic heterocycles. The molecule has 6 heteroatoms. The number of hydrogen-bond acceptors (Lipinski definition) is 3. The number of halogens is 1. The van der Waals surface area contributed by atoms with Gasteiger partial charge in [-0.05, 0) is 37.0 Å². The molecule has 0 bridgehead atoms. The Labute approximate surface area is 175 Å². The Morgan fingerprint density at radius 1 is 1.19 bits per heavy atom. The summed E-state index contributed by atoms with van der Waals surface area (Å²) in [7, 11) is 3.94. The third-order valence-corrected chi connectivity index (χ3v) is 5.22. The molecule has 2 saturated heterocycles. The zero-order chi connectivity index (χ0) is 17.7. The van der Waals surface area contributed by atoms with Crippen molar-refractivity contribution in [3.8, 4) is 0 Å². The van der Waals surface area contributed by atoms with E-state index in [0.29, 0.717) is 0 Å². The number of anilines is 1. The van der Waals surface area contributed by atoms with Crippen LogP contribution in [0.5, 0.6) is 0 Å². The first-order valence-corrected chi connectivity index (χ1v) is 9.43. The summed E-state index contributed by atoms with van der Waals surface area (Å²) >= 11 is 0. The molecule has 0 unspecified atom stereocenters. The van der Waals surface area contributed by atoms with E-state index >= 15 is 0 Å². The predicted molar refractivity (Wildman–Crippen MR) is 120 cm³/mol. The van der Waals surface area contributed by atoms with E-state index in [-0.39, 0.29) is 29.4 Å². The predicted octanol–water partition coefficient (Wildman–Crippen LogP) is 3.34. The molecule has 2 heterocycles. The van der Waals surface area contributed by atoms with Gasteiger partial charge in [-0.1, -0.05) is 19.1 Å². The lowest BCUT2D eigenvalue weighted by atomic mass is 9.89. The van der Waals surface area contributed by atoms with Crippen molar-refractivity contribution in [3.05, 3.63) is 29.8 Å². The van der Waals surface area contributed by atoms with Gasteiger partial charge in [-0.2, -0.15) is 0 Å². The van der Waals surface area contributed by atoms with E-state index in [0.717, 1.165) is 32.3 Å². The lowest BCUT2D eigenvalue weighted by Crippen LogP contribution is -2.51. The highest BCUT2D eigenvalue weighted by atomic mass is 127. The lowest BCUT2D eigenvalue weighted by Gasteiger charge is -2.39. The number of guanidine groups is 1. The maximum atomic E-state index is 5.32. The summed E-state index contributed by atoms with van der Waals surface area (Å²) in [5.41, 5.74) is 2.91. The molecule has 0 spiro atoms. The molecule has 0 aliphatic carbocycles. The summed E-state index contributed by atoms with van der Waals surface area (Å²) < 4.78 is 5.32. The standard InChI is InChI=1S/C20H32N4O.HI/c1-20(15-25-16-20)14-22-19(21-2)23(3)13-17-7-9-18(10-8-17)24-11-5-4-6-12-24;/h7-10H,4-6,11-16H2,1-3H3,(H,21,22);1H. The molecule has 5 nitrogen and oxygen atoms in total. The molecule has 1 aromatic rings. The molecule has 2 fully saturated rings. The Balaban J connectivity index is 0.00000243. The van der Waals surface area contributed by atoms with Crippen LogP contribution in [0.15, 0.2) is 29.3 Å². The molecule has 0 amide bonds. The smallest absolute Gasteiger partial charge is 0.193 e. The number of hydrogen-bond donors (Lipinski definition) is 1. The Hall–Kier alpha value is -1.02. The van der Waals surface area contributed by atoms with Gasteiger partial charge in [-0.3, -0.25) is 4.99 Å². The third kappa shape index (κ3) is 5.49. The SMILES string of the molecule is CN=C(NCC1(C)COC1)N(C)Cc1ccc(N2CCCCC2)cc1.I. The molecule has 26 heavy (non-hydrogen) atoms. The van der Waals surface area contributed by atoms with Gasteiger partial charge in [0.05, 0.1) is 13.2 Å². The molecule has 0 aromatic heterocycles. The topological polar surface area (TPSA) is 40.1 Å². The summed E-state index contributed by atoms with van der Waals surface area (Å²) in [6.45, 7) is 8.05. The highest BCUT2D eigenvalue weighted by Gasteiger charge is 2.33. The van der Waals surface area contributed by atoms with Gasteiger partial charge in [0.1, 0.15) is 0 Å². The summed E-state index contributed by atoms with van der Waals surface area (Å²) in [6, 6.07) is 9.01. The van der Waals surface area contributed by atoms with Crippen LogP contribution in [0, 0.1) is 5.41 Å². The van der Waals surface area contributed by atoms with Crippen LogP contribution in [0.3, 0.4) is 0 Å². The van der Waals surface area contributed by atoms with E-state index < -0.39 is 0 Å². The third-order valence-electron chi connectivity index (χ3n) is 5.22. The lowest BCUT2D eigenvalue weighted by molar-refractivity contribution is -0.0972. The van der Waals surface area contributed by atoms with Crippen molar-refractivity contribution in [1.82, 2.24) is 10.2 Å². The van der Waals surface area contributed by atoms with Crippen molar-refractivity contribution in [2.24, 2.45) is 10.4 Å². The van der Waals surface area contributed by atoms with Crippen LogP contribution in [0.4, 0.5) is 5.69 Å². The van der Waals surface area contributed by atoms with Gasteiger partial charge in [0.15, 0.2) is 5.96 Å². The van der Waals surface area contributed by atoms with E-state index in [1.54, 1.807) is 0 Å². The average Bonchev–Trinajstić information content (AvgIpc) is 2.62. The number of aliphatic imine (C=N–C) groups is 1. The van der Waals surface area contributed by atoms with Crippen LogP contribution in [0.2, 0.25) is 0 Å². The first kappa shape index (κ1) is 21.3. The highest BCUT2D eigenvalue weighted by Crippen LogP contribution is 2.25. The molecule has 0 saturated carbocycles. The van der Waals surface area contributed by atoms with Crippen molar-refractivity contribution in [2.45, 2.75) is 32.7 Å². The summed E-state index contributed by atoms with van der Waals surface area (Å²) in [6.07, 6.45) is 4.00. The van der Waals surface area contributed by atoms with E-state index in [2.05, 4.69) is 58.3 Å². The maximum absolute atomic E-state index is 5.32. The molecule has 2 aliphatic rings. The summed E-state index contributed by atoms with van der Waals surface area (Å²) in [4.78, 5) is 9.10. The first-order chi connectivity index (χ1) is 12.1. The molecular formula is C20H33IN4O. The van der Waals surface area contributed by atoms with Crippen LogP contribution >= 0.6 is 24.0 Å². The minimum Gasteiger partial charge on any atom is -0.380 e. The van der Waals surface area contributed by atoms with Gasteiger partial charge in [0, 0.05) is 51.4 Å². The Kier molecular flexibility index (Phi) is 8.01. The van der Waals surface area contributed by atoms with Gasteiger partial charge < -0.3 is 19.9 Å². The Morgan fingerprint density at radius 2 is 1.85 bits per heavy atom. The molecule has 0 atom stereocenters. The molecule has 1 aromatic carbocycles. The van der Waals surface area contributed by atoms with E-state index in [1.165, 1.54) is 43.6 Å². The zero-order valence-electron chi connectivity index (χ0n) is 16.3. The van der Waals surface area contributed by atoms with Crippen molar-refractivity contribution in [1.29, 1.82) is 0 Å². The molecule has 3 rings (SSSR count). The van der Waals surface area contributed by atoms with Gasteiger partial charge in [0.25, 0.3) is 0 Å². The fraction of sp³-hybridized carbons (Fsp3) is 0.650. The molecular weight excluding hydrogens is 439 g/mol. The summed E-state index contributed by atoms with van der Waals surface area (Å²) in [5, 5.41) is 3.48. The number of rotatable bonds is 5. The minimum absolute atomic E-state index is 0. The quantitative estimate of drug-likeness (QED) is 0.406. The maximum Gasteiger partial charge on any atom is 0.193 e. The van der Waals surface area contributed by atoms with Gasteiger partial charge in [-0.25, -0.2) is 0 Å². The van der Waals surface area contributed by atoms with Crippen molar-refractivity contribution in [3.63, 3.8) is 0 Å². The van der Waals surface area contributed by atoms with E-state index in [4.69, 9.17) is 4.74 Å². The van der Waals surface area contributed by atoms with Gasteiger partial charge in [-0.15, -0.1) is 24.0 Å². The van der Waals surface area contributed by atoms with Crippen molar-refractivity contribution < 1.29 is 4.74 Å². The minimum atomic E-state index is 0.